The fourth-order valence-corrected chi connectivity index (χ4v) is 1.58. The molecular weight excluding hydrogens is 189 g/mol. The molecule has 0 aliphatic heterocycles. The fraction of sp³-hybridized carbons (Fsp3) is 0.154. The van der Waals surface area contributed by atoms with Gasteiger partial charge in [-0.25, -0.2) is 4.39 Å². The summed E-state index contributed by atoms with van der Waals surface area (Å²) in [6.45, 7) is 3.76. The van der Waals surface area contributed by atoms with E-state index >= 15 is 0 Å². The van der Waals surface area contributed by atoms with Crippen molar-refractivity contribution >= 4 is 0 Å². The molecule has 0 aliphatic rings. The summed E-state index contributed by atoms with van der Waals surface area (Å²) in [5, 5.41) is 0. The summed E-state index contributed by atoms with van der Waals surface area (Å²) < 4.78 is 13.1. The van der Waals surface area contributed by atoms with Crippen molar-refractivity contribution in [2.45, 2.75) is 13.8 Å². The first-order valence-electron chi connectivity index (χ1n) is 4.86. The molecule has 1 nitrogen and oxygen atoms in total. The van der Waals surface area contributed by atoms with E-state index in [2.05, 4.69) is 4.98 Å². The SMILES string of the molecule is Cc1cc(-c2ncccc2C)ccc1F. The second-order valence-corrected chi connectivity index (χ2v) is 3.63. The van der Waals surface area contributed by atoms with Crippen LogP contribution < -0.4 is 0 Å². The van der Waals surface area contributed by atoms with Gasteiger partial charge >= 0.3 is 0 Å². The average molecular weight is 201 g/mol. The Morgan fingerprint density at radius 3 is 2.53 bits per heavy atom. The maximum absolute atomic E-state index is 13.1. The predicted molar refractivity (Wildman–Crippen MR) is 59.1 cm³/mol. The molecule has 0 bridgehead atoms. The van der Waals surface area contributed by atoms with Crippen LogP contribution in [0, 0.1) is 19.7 Å². The zero-order valence-corrected chi connectivity index (χ0v) is 8.79. The maximum atomic E-state index is 13.1. The molecule has 2 aromatic rings. The van der Waals surface area contributed by atoms with E-state index < -0.39 is 0 Å². The van der Waals surface area contributed by atoms with Gasteiger partial charge in [0.2, 0.25) is 0 Å². The van der Waals surface area contributed by atoms with Gasteiger partial charge in [-0.05, 0) is 49.2 Å². The van der Waals surface area contributed by atoms with Crippen molar-refractivity contribution in [1.29, 1.82) is 0 Å². The van der Waals surface area contributed by atoms with Crippen LogP contribution in [0.5, 0.6) is 0 Å². The standard InChI is InChI=1S/C13H12FN/c1-9-4-3-7-15-13(9)11-5-6-12(14)10(2)8-11/h3-8H,1-2H3. The van der Waals surface area contributed by atoms with Crippen LogP contribution in [0.1, 0.15) is 11.1 Å². The van der Waals surface area contributed by atoms with E-state index in [-0.39, 0.29) is 5.82 Å². The number of rotatable bonds is 1. The Bertz CT molecular complexity index is 492. The molecule has 0 saturated carbocycles. The fourth-order valence-electron chi connectivity index (χ4n) is 1.58. The third kappa shape index (κ3) is 1.89. The Morgan fingerprint density at radius 1 is 1.07 bits per heavy atom. The van der Waals surface area contributed by atoms with Crippen LogP contribution in [0.25, 0.3) is 11.3 Å². The Morgan fingerprint density at radius 2 is 1.87 bits per heavy atom. The summed E-state index contributed by atoms with van der Waals surface area (Å²) in [4.78, 5) is 4.30. The van der Waals surface area contributed by atoms with E-state index in [1.165, 1.54) is 6.07 Å². The summed E-state index contributed by atoms with van der Waals surface area (Å²) >= 11 is 0. The highest BCUT2D eigenvalue weighted by Gasteiger charge is 2.04. The lowest BCUT2D eigenvalue weighted by Crippen LogP contribution is -1.89. The molecular formula is C13H12FN. The Kier molecular flexibility index (Phi) is 2.50. The lowest BCUT2D eigenvalue weighted by atomic mass is 10.0. The molecule has 0 aliphatic carbocycles. The van der Waals surface area contributed by atoms with Crippen molar-refractivity contribution in [1.82, 2.24) is 4.98 Å². The number of hydrogen-bond acceptors (Lipinski definition) is 1. The number of hydrogen-bond donors (Lipinski definition) is 0. The summed E-state index contributed by atoms with van der Waals surface area (Å²) in [7, 11) is 0. The first-order valence-corrected chi connectivity index (χ1v) is 4.86. The lowest BCUT2D eigenvalue weighted by molar-refractivity contribution is 0.618. The Hall–Kier alpha value is -1.70. The molecule has 2 heteroatoms. The molecule has 0 fully saturated rings. The first kappa shape index (κ1) is 9.84. The number of halogens is 1. The molecule has 1 aromatic carbocycles. The molecule has 15 heavy (non-hydrogen) atoms. The maximum Gasteiger partial charge on any atom is 0.126 e. The largest absolute Gasteiger partial charge is 0.256 e. The molecule has 0 unspecified atom stereocenters. The molecule has 2 rings (SSSR count). The van der Waals surface area contributed by atoms with Gasteiger partial charge in [0.05, 0.1) is 5.69 Å². The Balaban J connectivity index is 2.55. The highest BCUT2D eigenvalue weighted by molar-refractivity contribution is 5.63. The van der Waals surface area contributed by atoms with Gasteiger partial charge in [0.1, 0.15) is 5.82 Å². The number of aromatic nitrogens is 1. The highest BCUT2D eigenvalue weighted by Crippen LogP contribution is 2.22. The first-order chi connectivity index (χ1) is 7.18. The highest BCUT2D eigenvalue weighted by atomic mass is 19.1. The van der Waals surface area contributed by atoms with Gasteiger partial charge in [-0.15, -0.1) is 0 Å². The van der Waals surface area contributed by atoms with Crippen LogP contribution >= 0.6 is 0 Å². The molecule has 0 N–H and O–H groups in total. The van der Waals surface area contributed by atoms with E-state index in [9.17, 15) is 4.39 Å². The van der Waals surface area contributed by atoms with Crippen LogP contribution in [-0.2, 0) is 0 Å². The van der Waals surface area contributed by atoms with Crippen LogP contribution in [0.4, 0.5) is 4.39 Å². The molecule has 1 aromatic heterocycles. The van der Waals surface area contributed by atoms with Crippen LogP contribution in [0.2, 0.25) is 0 Å². The minimum absolute atomic E-state index is 0.174. The van der Waals surface area contributed by atoms with Gasteiger partial charge < -0.3 is 0 Å². The van der Waals surface area contributed by atoms with Crippen molar-refractivity contribution in [2.24, 2.45) is 0 Å². The van der Waals surface area contributed by atoms with Gasteiger partial charge in [-0.3, -0.25) is 4.98 Å². The van der Waals surface area contributed by atoms with Crippen molar-refractivity contribution in [3.8, 4) is 11.3 Å². The van der Waals surface area contributed by atoms with Gasteiger partial charge in [0.25, 0.3) is 0 Å². The monoisotopic (exact) mass is 201 g/mol. The van der Waals surface area contributed by atoms with Gasteiger partial charge in [-0.1, -0.05) is 6.07 Å². The van der Waals surface area contributed by atoms with Crippen LogP contribution in [-0.4, -0.2) is 4.98 Å². The van der Waals surface area contributed by atoms with E-state index in [0.29, 0.717) is 5.56 Å². The molecule has 0 spiro atoms. The van der Waals surface area contributed by atoms with E-state index in [1.807, 2.05) is 25.1 Å². The average Bonchev–Trinajstić information content (AvgIpc) is 2.23. The molecule has 76 valence electrons. The predicted octanol–water partition coefficient (Wildman–Crippen LogP) is 3.50. The van der Waals surface area contributed by atoms with E-state index in [0.717, 1.165) is 16.8 Å². The zero-order chi connectivity index (χ0) is 10.8. The van der Waals surface area contributed by atoms with E-state index in [1.54, 1.807) is 19.2 Å². The summed E-state index contributed by atoms with van der Waals surface area (Å²) in [5.41, 5.74) is 3.63. The molecule has 0 amide bonds. The molecule has 0 radical (unpaired) electrons. The zero-order valence-electron chi connectivity index (χ0n) is 8.79. The summed E-state index contributed by atoms with van der Waals surface area (Å²) in [6.07, 6.45) is 1.75. The summed E-state index contributed by atoms with van der Waals surface area (Å²) in [6, 6.07) is 8.97. The normalized spacial score (nSPS) is 10.3. The molecule has 0 atom stereocenters. The number of nitrogens with zero attached hydrogens (tertiary/aromatic N) is 1. The second kappa shape index (κ2) is 3.81. The third-order valence-electron chi connectivity index (χ3n) is 2.44. The van der Waals surface area contributed by atoms with Gasteiger partial charge in [0, 0.05) is 11.8 Å². The van der Waals surface area contributed by atoms with Crippen molar-refractivity contribution in [2.75, 3.05) is 0 Å². The minimum Gasteiger partial charge on any atom is -0.256 e. The Labute approximate surface area is 88.6 Å². The molecule has 1 heterocycles. The van der Waals surface area contributed by atoms with Gasteiger partial charge in [-0.2, -0.15) is 0 Å². The number of benzene rings is 1. The topological polar surface area (TPSA) is 12.9 Å². The van der Waals surface area contributed by atoms with Crippen LogP contribution in [0.3, 0.4) is 0 Å². The molecule has 0 saturated heterocycles. The van der Waals surface area contributed by atoms with E-state index in [4.69, 9.17) is 0 Å². The lowest BCUT2D eigenvalue weighted by Gasteiger charge is -2.05. The van der Waals surface area contributed by atoms with Gasteiger partial charge in [0.15, 0.2) is 0 Å². The number of aryl methyl sites for hydroxylation is 2. The van der Waals surface area contributed by atoms with Crippen molar-refractivity contribution < 1.29 is 4.39 Å². The minimum atomic E-state index is -0.174. The smallest absolute Gasteiger partial charge is 0.126 e. The third-order valence-corrected chi connectivity index (χ3v) is 2.44. The quantitative estimate of drug-likeness (QED) is 0.688. The van der Waals surface area contributed by atoms with Crippen molar-refractivity contribution in [3.05, 3.63) is 53.5 Å². The van der Waals surface area contributed by atoms with Crippen molar-refractivity contribution in [3.63, 3.8) is 0 Å². The second-order valence-electron chi connectivity index (χ2n) is 3.63. The summed E-state index contributed by atoms with van der Waals surface area (Å²) in [5.74, 6) is -0.174. The number of pyridine rings is 1. The van der Waals surface area contributed by atoms with Crippen LogP contribution in [0.15, 0.2) is 36.5 Å².